The smallest absolute Gasteiger partial charge is 0.245 e. The van der Waals surface area contributed by atoms with Gasteiger partial charge < -0.3 is 19.4 Å². The Balaban J connectivity index is 1.40. The third-order valence-corrected chi connectivity index (χ3v) is 7.41. The Hall–Kier alpha value is -3.23. The summed E-state index contributed by atoms with van der Waals surface area (Å²) in [5, 5.41) is 4.00. The number of imidazole rings is 1. The lowest BCUT2D eigenvalue weighted by Gasteiger charge is -2.17. The number of rotatable bonds is 7. The summed E-state index contributed by atoms with van der Waals surface area (Å²) in [6.45, 7) is 6.65. The lowest BCUT2D eigenvalue weighted by Crippen LogP contribution is -2.19. The molecule has 4 heterocycles. The van der Waals surface area contributed by atoms with E-state index in [4.69, 9.17) is 26.1 Å². The topological polar surface area (TPSA) is 87.0 Å². The number of hydrogen-bond donors (Lipinski definition) is 1. The first-order valence-corrected chi connectivity index (χ1v) is 13.3. The van der Waals surface area contributed by atoms with E-state index in [1.54, 1.807) is 0 Å². The predicted molar refractivity (Wildman–Crippen MR) is 143 cm³/mol. The number of fused-ring (bicyclic) bond motifs is 1. The van der Waals surface area contributed by atoms with Crippen LogP contribution in [-0.4, -0.2) is 49.3 Å². The van der Waals surface area contributed by atoms with Gasteiger partial charge in [-0.15, -0.1) is 0 Å². The Kier molecular flexibility index (Phi) is 6.46. The van der Waals surface area contributed by atoms with E-state index in [0.717, 1.165) is 67.8 Å². The van der Waals surface area contributed by atoms with Crippen LogP contribution in [0.25, 0.3) is 22.6 Å². The fourth-order valence-corrected chi connectivity index (χ4v) is 5.01. The molecule has 1 aliphatic carbocycles. The van der Waals surface area contributed by atoms with Crippen LogP contribution in [0.3, 0.4) is 0 Å². The Morgan fingerprint density at radius 1 is 1.11 bits per heavy atom. The van der Waals surface area contributed by atoms with Gasteiger partial charge in [0, 0.05) is 11.8 Å². The molecule has 1 unspecified atom stereocenters. The van der Waals surface area contributed by atoms with Gasteiger partial charge in [-0.25, -0.2) is 9.97 Å². The van der Waals surface area contributed by atoms with Crippen molar-refractivity contribution in [1.82, 2.24) is 29.8 Å². The summed E-state index contributed by atoms with van der Waals surface area (Å²) in [5.41, 5.74) is 3.98. The van der Waals surface area contributed by atoms with Crippen LogP contribution in [0.2, 0.25) is 5.02 Å². The van der Waals surface area contributed by atoms with Gasteiger partial charge in [0.2, 0.25) is 5.88 Å². The van der Waals surface area contributed by atoms with Gasteiger partial charge in [-0.1, -0.05) is 11.6 Å². The van der Waals surface area contributed by atoms with E-state index in [1.165, 1.54) is 6.33 Å². The minimum atomic E-state index is -0.187. The maximum absolute atomic E-state index is 6.87. The number of ether oxygens (including phenoxy) is 2. The molecular formula is C28H31ClN6O2. The molecule has 1 aliphatic heterocycles. The SMILES string of the molecule is Cc1ccnc(Cn2c(-c3ccc(OC4CCCNCC4)cc3Cl)nc3c(OC4(C)CC4)ncnc32)c1. The molecule has 0 bridgehead atoms. The number of aryl methyl sites for hydroxylation is 1. The summed E-state index contributed by atoms with van der Waals surface area (Å²) >= 11 is 6.87. The van der Waals surface area contributed by atoms with Crippen molar-refractivity contribution in [2.75, 3.05) is 13.1 Å². The number of aromatic nitrogens is 5. The van der Waals surface area contributed by atoms with Crippen molar-refractivity contribution in [2.45, 2.75) is 64.2 Å². The Morgan fingerprint density at radius 2 is 2.00 bits per heavy atom. The van der Waals surface area contributed by atoms with Crippen molar-refractivity contribution in [1.29, 1.82) is 0 Å². The summed E-state index contributed by atoms with van der Waals surface area (Å²) in [5.74, 6) is 1.97. The molecule has 0 amide bonds. The first kappa shape index (κ1) is 24.1. The largest absolute Gasteiger partial charge is 0.490 e. The predicted octanol–water partition coefficient (Wildman–Crippen LogP) is 5.35. The zero-order valence-corrected chi connectivity index (χ0v) is 22.0. The standard InChI is InChI=1S/C28H31ClN6O2/c1-18-7-13-31-19(14-18)16-35-25(34-24-26(35)32-17-33-27(24)37-28(2)9-10-28)22-6-5-21(15-23(22)29)36-20-4-3-11-30-12-8-20/h5-7,13-15,17,20,30H,3-4,8-12,16H2,1-2H3. The van der Waals surface area contributed by atoms with Gasteiger partial charge in [0.15, 0.2) is 11.2 Å². The zero-order chi connectivity index (χ0) is 25.4. The van der Waals surface area contributed by atoms with Crippen LogP contribution in [-0.2, 0) is 6.54 Å². The van der Waals surface area contributed by atoms with Gasteiger partial charge in [0.1, 0.15) is 23.5 Å². The highest BCUT2D eigenvalue weighted by atomic mass is 35.5. The van der Waals surface area contributed by atoms with Crippen molar-refractivity contribution in [2.24, 2.45) is 0 Å². The van der Waals surface area contributed by atoms with Crippen molar-refractivity contribution in [3.8, 4) is 23.0 Å². The first-order chi connectivity index (χ1) is 18.0. The molecule has 9 heteroatoms. The average Bonchev–Trinajstić information content (AvgIpc) is 3.57. The highest BCUT2D eigenvalue weighted by Gasteiger charge is 2.41. The third kappa shape index (κ3) is 5.26. The van der Waals surface area contributed by atoms with E-state index < -0.39 is 0 Å². The monoisotopic (exact) mass is 518 g/mol. The molecule has 192 valence electrons. The van der Waals surface area contributed by atoms with E-state index >= 15 is 0 Å². The summed E-state index contributed by atoms with van der Waals surface area (Å²) in [4.78, 5) is 18.6. The molecule has 8 nitrogen and oxygen atoms in total. The molecule has 2 aliphatic rings. The summed E-state index contributed by atoms with van der Waals surface area (Å²) < 4.78 is 14.6. The number of halogens is 1. The van der Waals surface area contributed by atoms with Crippen LogP contribution in [0.15, 0.2) is 42.9 Å². The van der Waals surface area contributed by atoms with Gasteiger partial charge in [-0.3, -0.25) is 4.98 Å². The zero-order valence-electron chi connectivity index (χ0n) is 21.2. The van der Waals surface area contributed by atoms with Gasteiger partial charge in [-0.05, 0) is 94.9 Å². The second-order valence-electron chi connectivity index (χ2n) is 10.3. The minimum absolute atomic E-state index is 0.187. The fraction of sp³-hybridized carbons (Fsp3) is 0.429. The molecule has 0 spiro atoms. The van der Waals surface area contributed by atoms with Crippen molar-refractivity contribution >= 4 is 22.8 Å². The highest BCUT2D eigenvalue weighted by Crippen LogP contribution is 2.41. The second-order valence-corrected chi connectivity index (χ2v) is 10.7. The number of hydrogen-bond acceptors (Lipinski definition) is 7. The van der Waals surface area contributed by atoms with Crippen LogP contribution in [0.4, 0.5) is 0 Å². The normalized spacial score (nSPS) is 18.9. The summed E-state index contributed by atoms with van der Waals surface area (Å²) in [7, 11) is 0. The van der Waals surface area contributed by atoms with Crippen LogP contribution in [0.1, 0.15) is 50.3 Å². The molecule has 0 radical (unpaired) electrons. The number of benzene rings is 1. The molecule has 1 saturated carbocycles. The molecular weight excluding hydrogens is 488 g/mol. The van der Waals surface area contributed by atoms with Gasteiger partial charge in [-0.2, -0.15) is 4.98 Å². The van der Waals surface area contributed by atoms with Crippen molar-refractivity contribution in [3.05, 3.63) is 59.1 Å². The Bertz CT molecular complexity index is 1430. The van der Waals surface area contributed by atoms with Crippen molar-refractivity contribution < 1.29 is 9.47 Å². The van der Waals surface area contributed by atoms with Crippen LogP contribution in [0.5, 0.6) is 11.6 Å². The number of pyridine rings is 1. The molecule has 1 saturated heterocycles. The van der Waals surface area contributed by atoms with Gasteiger partial charge in [0.25, 0.3) is 0 Å². The Labute approximate surface area is 221 Å². The minimum Gasteiger partial charge on any atom is -0.490 e. The highest BCUT2D eigenvalue weighted by molar-refractivity contribution is 6.33. The number of nitrogens with one attached hydrogen (secondary N) is 1. The molecule has 6 rings (SSSR count). The molecule has 37 heavy (non-hydrogen) atoms. The fourth-order valence-electron chi connectivity index (χ4n) is 4.75. The van der Waals surface area contributed by atoms with E-state index in [9.17, 15) is 0 Å². The van der Waals surface area contributed by atoms with Gasteiger partial charge in [0.05, 0.1) is 23.4 Å². The maximum Gasteiger partial charge on any atom is 0.245 e. The summed E-state index contributed by atoms with van der Waals surface area (Å²) in [6, 6.07) is 9.89. The summed E-state index contributed by atoms with van der Waals surface area (Å²) in [6.07, 6.45) is 8.68. The van der Waals surface area contributed by atoms with E-state index in [0.29, 0.717) is 34.4 Å². The van der Waals surface area contributed by atoms with Crippen LogP contribution < -0.4 is 14.8 Å². The van der Waals surface area contributed by atoms with E-state index in [-0.39, 0.29) is 11.7 Å². The lowest BCUT2D eigenvalue weighted by atomic mass is 10.1. The molecule has 2 fully saturated rings. The third-order valence-electron chi connectivity index (χ3n) is 7.09. The first-order valence-electron chi connectivity index (χ1n) is 13.0. The maximum atomic E-state index is 6.87. The quantitative estimate of drug-likeness (QED) is 0.353. The molecule has 1 atom stereocenters. The molecule has 1 aromatic carbocycles. The van der Waals surface area contributed by atoms with Crippen molar-refractivity contribution in [3.63, 3.8) is 0 Å². The molecule has 4 aromatic rings. The number of nitrogens with zero attached hydrogens (tertiary/aromatic N) is 5. The molecule has 3 aromatic heterocycles. The second kappa shape index (κ2) is 9.91. The molecule has 1 N–H and O–H groups in total. The van der Waals surface area contributed by atoms with Gasteiger partial charge >= 0.3 is 0 Å². The van der Waals surface area contributed by atoms with E-state index in [1.807, 2.05) is 35.0 Å². The Morgan fingerprint density at radius 3 is 2.81 bits per heavy atom. The lowest BCUT2D eigenvalue weighted by molar-refractivity contribution is 0.187. The van der Waals surface area contributed by atoms with E-state index in [2.05, 4.69) is 40.2 Å². The van der Waals surface area contributed by atoms with Crippen LogP contribution >= 0.6 is 11.6 Å². The van der Waals surface area contributed by atoms with Crippen LogP contribution in [0, 0.1) is 6.92 Å². The average molecular weight is 519 g/mol.